The fourth-order valence-electron chi connectivity index (χ4n) is 5.59. The molecule has 4 aromatic carbocycles. The van der Waals surface area contributed by atoms with Crippen LogP contribution in [0.1, 0.15) is 35.2 Å². The molecule has 1 N–H and O–H groups in total. The van der Waals surface area contributed by atoms with E-state index in [2.05, 4.69) is 10.2 Å². The average molecular weight is 712 g/mol. The van der Waals surface area contributed by atoms with E-state index in [1.54, 1.807) is 48.5 Å². The van der Waals surface area contributed by atoms with Crippen LogP contribution in [0.5, 0.6) is 23.0 Å². The Labute approximate surface area is 295 Å². The van der Waals surface area contributed by atoms with Crippen molar-refractivity contribution in [1.82, 2.24) is 10.2 Å². The van der Waals surface area contributed by atoms with Crippen molar-refractivity contribution in [2.75, 3.05) is 24.7 Å². The number of aliphatic hydroxyl groups excluding tert-OH is 1. The molecule has 2 aliphatic rings. The van der Waals surface area contributed by atoms with Gasteiger partial charge in [-0.3, -0.25) is 14.5 Å². The maximum absolute atomic E-state index is 13.9. The summed E-state index contributed by atoms with van der Waals surface area (Å²) in [6.45, 7) is 3.19. The average Bonchev–Trinajstić information content (AvgIpc) is 3.72. The molecule has 254 valence electrons. The second-order valence-corrected chi connectivity index (χ2v) is 13.4. The number of amides is 1. The molecule has 3 heterocycles. The van der Waals surface area contributed by atoms with Gasteiger partial charge in [0.05, 0.1) is 18.2 Å². The molecule has 0 unspecified atom stereocenters. The van der Waals surface area contributed by atoms with E-state index in [-0.39, 0.29) is 27.8 Å². The molecule has 1 amide bonds. The number of hydrogen-bond donors (Lipinski definition) is 1. The summed E-state index contributed by atoms with van der Waals surface area (Å²) in [5.41, 5.74) is 2.47. The Morgan fingerprint density at radius 3 is 2.48 bits per heavy atom. The van der Waals surface area contributed by atoms with Crippen molar-refractivity contribution in [3.8, 4) is 23.0 Å². The summed E-state index contributed by atoms with van der Waals surface area (Å²) in [5, 5.41) is 20.5. The Kier molecular flexibility index (Phi) is 9.67. The molecule has 0 radical (unpaired) electrons. The van der Waals surface area contributed by atoms with Gasteiger partial charge in [-0.05, 0) is 66.1 Å². The van der Waals surface area contributed by atoms with Crippen molar-refractivity contribution in [2.45, 2.75) is 29.7 Å². The zero-order valence-corrected chi connectivity index (χ0v) is 28.3. The molecule has 1 aromatic heterocycles. The minimum Gasteiger partial charge on any atom is -0.507 e. The van der Waals surface area contributed by atoms with Crippen molar-refractivity contribution in [2.24, 2.45) is 0 Å². The zero-order valence-electron chi connectivity index (χ0n) is 26.7. The highest BCUT2D eigenvalue weighted by molar-refractivity contribution is 8.00. The number of carbonyl (C=O) groups is 2. The molecule has 0 spiro atoms. The number of halogens is 1. The number of nitrogens with zero attached hydrogens (tertiary/aromatic N) is 3. The number of anilines is 1. The van der Waals surface area contributed by atoms with Gasteiger partial charge in [-0.2, -0.15) is 0 Å². The number of ketones is 1. The molecule has 0 bridgehead atoms. The number of Topliss-reactive ketones (excluding diaryl/α,β-unsaturated/α-hetero) is 1. The lowest BCUT2D eigenvalue weighted by molar-refractivity contribution is -0.132. The van der Waals surface area contributed by atoms with Crippen molar-refractivity contribution in [1.29, 1.82) is 0 Å². The van der Waals surface area contributed by atoms with Gasteiger partial charge in [-0.15, -0.1) is 10.2 Å². The highest BCUT2D eigenvalue weighted by Gasteiger charge is 2.48. The predicted octanol–water partition coefficient (Wildman–Crippen LogP) is 7.34. The molecule has 7 rings (SSSR count). The molecule has 5 aromatic rings. The summed E-state index contributed by atoms with van der Waals surface area (Å²) in [6, 6.07) is 24.7. The van der Waals surface area contributed by atoms with Gasteiger partial charge >= 0.3 is 5.91 Å². The molecule has 0 aliphatic carbocycles. The Morgan fingerprint density at radius 1 is 0.920 bits per heavy atom. The first-order chi connectivity index (χ1) is 24.4. The SMILES string of the molecule is CCOc1cc([C@H]2C(=C(O)c3ccc4c(c3)OCCO4)C(=O)C(=O)N2c2nnc(SCc3ccc(F)cc3)s2)ccc1OCc1ccccc1. The fraction of sp³-hybridized carbons (Fsp3) is 0.189. The summed E-state index contributed by atoms with van der Waals surface area (Å²) in [7, 11) is 0. The largest absolute Gasteiger partial charge is 0.507 e. The van der Waals surface area contributed by atoms with E-state index < -0.39 is 17.7 Å². The number of benzene rings is 4. The summed E-state index contributed by atoms with van der Waals surface area (Å²) in [6.07, 6.45) is 0. The minimum absolute atomic E-state index is 0.136. The number of thioether (sulfide) groups is 1. The van der Waals surface area contributed by atoms with E-state index >= 15 is 0 Å². The molecule has 1 atom stereocenters. The number of aromatic nitrogens is 2. The Hall–Kier alpha value is -5.40. The van der Waals surface area contributed by atoms with Crippen LogP contribution in [0.25, 0.3) is 5.76 Å². The Balaban J connectivity index is 1.28. The smallest absolute Gasteiger partial charge is 0.301 e. The number of carbonyl (C=O) groups excluding carboxylic acids is 2. The van der Waals surface area contributed by atoms with Crippen LogP contribution in [-0.4, -0.2) is 46.8 Å². The van der Waals surface area contributed by atoms with Gasteiger partial charge in [-0.1, -0.05) is 71.6 Å². The first kappa shape index (κ1) is 33.1. The molecule has 13 heteroatoms. The van der Waals surface area contributed by atoms with Crippen LogP contribution < -0.4 is 23.8 Å². The van der Waals surface area contributed by atoms with Crippen LogP contribution in [0.2, 0.25) is 0 Å². The van der Waals surface area contributed by atoms with E-state index in [0.29, 0.717) is 65.1 Å². The Bertz CT molecular complexity index is 2070. The van der Waals surface area contributed by atoms with E-state index in [4.69, 9.17) is 18.9 Å². The number of aliphatic hydroxyl groups is 1. The van der Waals surface area contributed by atoms with Gasteiger partial charge in [0.15, 0.2) is 27.3 Å². The van der Waals surface area contributed by atoms with Gasteiger partial charge in [0.1, 0.15) is 31.4 Å². The first-order valence-electron chi connectivity index (χ1n) is 15.7. The fourth-order valence-corrected chi connectivity index (χ4v) is 7.42. The maximum Gasteiger partial charge on any atom is 0.301 e. The standard InChI is InChI=1S/C37H30FN3O7S2/c1-2-45-29-18-24(10-14-28(29)48-20-22-6-4-3-5-7-22)32-31(33(42)25-11-15-27-30(19-25)47-17-16-46-27)34(43)35(44)41(32)36-39-40-37(50-36)49-21-23-8-12-26(38)13-9-23/h3-15,18-19,32,42H,2,16-17,20-21H2,1H3/t32-/m0/s1. The minimum atomic E-state index is -1.09. The maximum atomic E-state index is 13.9. The van der Waals surface area contributed by atoms with Gasteiger partial charge < -0.3 is 24.1 Å². The summed E-state index contributed by atoms with van der Waals surface area (Å²) >= 11 is 2.50. The van der Waals surface area contributed by atoms with Gasteiger partial charge in [0, 0.05) is 11.3 Å². The Morgan fingerprint density at radius 2 is 1.70 bits per heavy atom. The van der Waals surface area contributed by atoms with Crippen molar-refractivity contribution >= 4 is 45.7 Å². The van der Waals surface area contributed by atoms with Crippen LogP contribution in [-0.2, 0) is 21.9 Å². The molecule has 1 fully saturated rings. The summed E-state index contributed by atoms with van der Waals surface area (Å²) in [5.74, 6) is -0.185. The molecule has 0 saturated carbocycles. The van der Waals surface area contributed by atoms with E-state index in [0.717, 1.165) is 22.5 Å². The third-order valence-corrected chi connectivity index (χ3v) is 10.1. The summed E-state index contributed by atoms with van der Waals surface area (Å²) < 4.78 is 37.4. The molecule has 50 heavy (non-hydrogen) atoms. The van der Waals surface area contributed by atoms with Crippen LogP contribution in [0.4, 0.5) is 9.52 Å². The number of ether oxygens (including phenoxy) is 4. The molecule has 2 aliphatic heterocycles. The molecular formula is C37H30FN3O7S2. The summed E-state index contributed by atoms with van der Waals surface area (Å²) in [4.78, 5) is 29.0. The third-order valence-electron chi connectivity index (χ3n) is 7.96. The predicted molar refractivity (Wildman–Crippen MR) is 186 cm³/mol. The third kappa shape index (κ3) is 6.87. The quantitative estimate of drug-likeness (QED) is 0.0490. The lowest BCUT2D eigenvalue weighted by Crippen LogP contribution is -2.29. The lowest BCUT2D eigenvalue weighted by Gasteiger charge is -2.24. The molecule has 10 nitrogen and oxygen atoms in total. The van der Waals surface area contributed by atoms with Crippen molar-refractivity contribution < 1.29 is 38.0 Å². The van der Waals surface area contributed by atoms with Crippen molar-refractivity contribution in [3.63, 3.8) is 0 Å². The number of fused-ring (bicyclic) bond motifs is 1. The second-order valence-electron chi connectivity index (χ2n) is 11.2. The molecular weight excluding hydrogens is 682 g/mol. The number of rotatable bonds is 11. The van der Waals surface area contributed by atoms with Crippen LogP contribution in [0.3, 0.4) is 0 Å². The molecule has 1 saturated heterocycles. The lowest BCUT2D eigenvalue weighted by atomic mass is 9.95. The van der Waals surface area contributed by atoms with E-state index in [1.807, 2.05) is 37.3 Å². The van der Waals surface area contributed by atoms with Gasteiger partial charge in [0.25, 0.3) is 5.78 Å². The van der Waals surface area contributed by atoms with E-state index in [9.17, 15) is 19.1 Å². The topological polar surface area (TPSA) is 120 Å². The van der Waals surface area contributed by atoms with E-state index in [1.165, 1.54) is 28.8 Å². The highest BCUT2D eigenvalue weighted by Crippen LogP contribution is 2.46. The van der Waals surface area contributed by atoms with Crippen LogP contribution in [0.15, 0.2) is 101 Å². The highest BCUT2D eigenvalue weighted by atomic mass is 32.2. The normalized spacial score (nSPS) is 16.4. The zero-order chi connectivity index (χ0) is 34.6. The van der Waals surface area contributed by atoms with Crippen molar-refractivity contribution in [3.05, 3.63) is 125 Å². The van der Waals surface area contributed by atoms with Crippen LogP contribution >= 0.6 is 23.1 Å². The second kappa shape index (κ2) is 14.6. The van der Waals surface area contributed by atoms with Gasteiger partial charge in [0.2, 0.25) is 5.13 Å². The van der Waals surface area contributed by atoms with Crippen LogP contribution in [0, 0.1) is 5.82 Å². The number of hydrogen-bond acceptors (Lipinski definition) is 11. The van der Waals surface area contributed by atoms with Gasteiger partial charge in [-0.25, -0.2) is 4.39 Å². The monoisotopic (exact) mass is 711 g/mol. The first-order valence-corrected chi connectivity index (χ1v) is 17.5.